The van der Waals surface area contributed by atoms with Crippen LogP contribution < -0.4 is 0 Å². The van der Waals surface area contributed by atoms with Crippen molar-refractivity contribution >= 4 is 43.3 Å². The van der Waals surface area contributed by atoms with Crippen LogP contribution in [0.1, 0.15) is 153 Å². The van der Waals surface area contributed by atoms with Crippen LogP contribution in [0.25, 0.3) is 0 Å². The molecule has 2 aromatic rings. The predicted octanol–water partition coefficient (Wildman–Crippen LogP) is 9.73. The Morgan fingerprint density at radius 1 is 0.444 bits per heavy atom. The van der Waals surface area contributed by atoms with Gasteiger partial charge in [-0.15, -0.1) is 0 Å². The average Bonchev–Trinajstić information content (AvgIpc) is 2.99. The average molecular weight is 675 g/mol. The van der Waals surface area contributed by atoms with E-state index >= 15 is 0 Å². The van der Waals surface area contributed by atoms with Gasteiger partial charge in [0.25, 0.3) is 0 Å². The van der Waals surface area contributed by atoms with Crippen LogP contribution in [-0.2, 0) is 33.1 Å². The molecule has 0 unspecified atom stereocenters. The van der Waals surface area contributed by atoms with E-state index in [0.29, 0.717) is 0 Å². The van der Waals surface area contributed by atoms with Gasteiger partial charge in [-0.2, -0.15) is 0 Å². The monoisotopic (exact) mass is 674 g/mol. The molecule has 0 atom stereocenters. The summed E-state index contributed by atoms with van der Waals surface area (Å²) in [7, 11) is -8.66. The fourth-order valence-electron chi connectivity index (χ4n) is 5.35. The fourth-order valence-corrected chi connectivity index (χ4v) is 6.43. The second-order valence-electron chi connectivity index (χ2n) is 12.1. The summed E-state index contributed by atoms with van der Waals surface area (Å²) in [5.41, 5.74) is 1.88. The molecule has 2 aromatic carbocycles. The van der Waals surface area contributed by atoms with E-state index in [0.717, 1.165) is 36.8 Å². The van der Waals surface area contributed by atoms with Crippen molar-refractivity contribution in [1.82, 2.24) is 0 Å². The van der Waals surface area contributed by atoms with Gasteiger partial charge in [-0.3, -0.25) is 0 Å². The molecule has 0 saturated heterocycles. The van der Waals surface area contributed by atoms with Crippen molar-refractivity contribution < 1.29 is 25.9 Å². The Morgan fingerprint density at radius 2 is 0.711 bits per heavy atom. The van der Waals surface area contributed by atoms with Crippen LogP contribution in [0.4, 0.5) is 0 Å². The van der Waals surface area contributed by atoms with E-state index < -0.39 is 20.2 Å². The number of unbranched alkanes of at least 4 members (excludes halogenated alkanes) is 18. The van der Waals surface area contributed by atoms with Crippen LogP contribution in [0.2, 0.25) is 0 Å². The molecular formula is C36H58MgO6S2. The van der Waals surface area contributed by atoms with Crippen molar-refractivity contribution in [1.29, 1.82) is 0 Å². The van der Waals surface area contributed by atoms with E-state index in [9.17, 15) is 25.9 Å². The van der Waals surface area contributed by atoms with Crippen LogP contribution in [0.3, 0.4) is 0 Å². The van der Waals surface area contributed by atoms with Crippen LogP contribution in [0.5, 0.6) is 0 Å². The summed E-state index contributed by atoms with van der Waals surface area (Å²) in [6.45, 7) is 4.48. The van der Waals surface area contributed by atoms with Gasteiger partial charge >= 0.3 is 23.1 Å². The van der Waals surface area contributed by atoms with E-state index in [1.165, 1.54) is 140 Å². The fraction of sp³-hybridized carbons (Fsp3) is 0.667. The zero-order chi connectivity index (χ0) is 32.5. The quantitative estimate of drug-likeness (QED) is 0.0622. The van der Waals surface area contributed by atoms with Crippen molar-refractivity contribution in [3.8, 4) is 0 Å². The summed E-state index contributed by atoms with van der Waals surface area (Å²) < 4.78 is 65.8. The second-order valence-corrected chi connectivity index (χ2v) is 14.8. The maximum Gasteiger partial charge on any atom is 2.00 e. The van der Waals surface area contributed by atoms with Crippen LogP contribution in [-0.4, -0.2) is 49.0 Å². The van der Waals surface area contributed by atoms with Gasteiger partial charge in [-0.1, -0.05) is 154 Å². The molecule has 0 heterocycles. The Hall–Kier alpha value is -0.974. The van der Waals surface area contributed by atoms with E-state index in [1.807, 2.05) is 12.1 Å². The molecule has 9 heteroatoms. The van der Waals surface area contributed by atoms with Gasteiger partial charge in [0.1, 0.15) is 20.2 Å². The molecule has 0 amide bonds. The molecule has 0 saturated carbocycles. The molecule has 45 heavy (non-hydrogen) atoms. The van der Waals surface area contributed by atoms with Gasteiger partial charge in [0.2, 0.25) is 0 Å². The first-order valence-corrected chi connectivity index (χ1v) is 20.0. The Bertz CT molecular complexity index is 1120. The van der Waals surface area contributed by atoms with E-state index in [1.54, 1.807) is 12.1 Å². The molecule has 0 aliphatic rings. The molecule has 0 fully saturated rings. The number of benzene rings is 2. The molecule has 2 rings (SSSR count). The maximum absolute atomic E-state index is 11.0. The third kappa shape index (κ3) is 23.9. The smallest absolute Gasteiger partial charge is 0.744 e. The van der Waals surface area contributed by atoms with Gasteiger partial charge in [0.15, 0.2) is 0 Å². The van der Waals surface area contributed by atoms with Gasteiger partial charge in [0, 0.05) is 0 Å². The van der Waals surface area contributed by atoms with Gasteiger partial charge in [-0.25, -0.2) is 16.8 Å². The SMILES string of the molecule is CCCCCCCCCCCCc1cccc(S(=O)(=O)[O-])c1.CCCCCCCCCCCCc1cccc(S(=O)(=O)[O-])c1.[Mg+2]. The Labute approximate surface area is 292 Å². The molecule has 0 aliphatic heterocycles. The minimum atomic E-state index is -4.33. The van der Waals surface area contributed by atoms with Crippen molar-refractivity contribution in [3.63, 3.8) is 0 Å². The van der Waals surface area contributed by atoms with Gasteiger partial charge in [-0.05, 0) is 61.1 Å². The summed E-state index contributed by atoms with van der Waals surface area (Å²) in [6.07, 6.45) is 27.4. The van der Waals surface area contributed by atoms with Crippen molar-refractivity contribution in [3.05, 3.63) is 59.7 Å². The summed E-state index contributed by atoms with van der Waals surface area (Å²) in [5, 5.41) is 0. The van der Waals surface area contributed by atoms with E-state index in [2.05, 4.69) is 13.8 Å². The number of rotatable bonds is 24. The molecule has 6 nitrogen and oxygen atoms in total. The topological polar surface area (TPSA) is 114 Å². The normalized spacial score (nSPS) is 11.5. The van der Waals surface area contributed by atoms with E-state index in [4.69, 9.17) is 0 Å². The molecule has 252 valence electrons. The van der Waals surface area contributed by atoms with Crippen molar-refractivity contribution in [2.24, 2.45) is 0 Å². The summed E-state index contributed by atoms with van der Waals surface area (Å²) in [6, 6.07) is 12.8. The van der Waals surface area contributed by atoms with Gasteiger partial charge in [0.05, 0.1) is 9.79 Å². The Kier molecular flexibility index (Phi) is 26.4. The summed E-state index contributed by atoms with van der Waals surface area (Å²) in [5.74, 6) is 0. The third-order valence-corrected chi connectivity index (χ3v) is 9.67. The number of hydrogen-bond donors (Lipinski definition) is 0. The van der Waals surface area contributed by atoms with Crippen molar-refractivity contribution in [2.45, 2.75) is 165 Å². The largest absolute Gasteiger partial charge is 2.00 e. The molecule has 0 bridgehead atoms. The van der Waals surface area contributed by atoms with E-state index in [-0.39, 0.29) is 32.8 Å². The van der Waals surface area contributed by atoms with Gasteiger partial charge < -0.3 is 9.11 Å². The summed E-state index contributed by atoms with van der Waals surface area (Å²) >= 11 is 0. The van der Waals surface area contributed by atoms with Crippen molar-refractivity contribution in [2.75, 3.05) is 0 Å². The predicted molar refractivity (Wildman–Crippen MR) is 186 cm³/mol. The maximum atomic E-state index is 11.0. The Morgan fingerprint density at radius 3 is 0.978 bits per heavy atom. The standard InChI is InChI=1S/2C18H30O3S.Mg/c2*1-2-3-4-5-6-7-8-9-10-11-13-17-14-12-15-18(16-17)22(19,20)21;/h2*12,14-16H,2-11,13H2,1H3,(H,19,20,21);/q;;+2/p-2. The zero-order valence-electron chi connectivity index (χ0n) is 28.1. The number of aryl methyl sites for hydroxylation is 2. The third-order valence-electron chi connectivity index (χ3n) is 8.01. The first-order valence-electron chi connectivity index (χ1n) is 17.2. The first kappa shape index (κ1) is 44.0. The molecule has 0 aromatic heterocycles. The van der Waals surface area contributed by atoms with Crippen LogP contribution in [0.15, 0.2) is 58.3 Å². The van der Waals surface area contributed by atoms with Crippen LogP contribution >= 0.6 is 0 Å². The minimum Gasteiger partial charge on any atom is -0.744 e. The molecule has 0 radical (unpaired) electrons. The van der Waals surface area contributed by atoms with Crippen LogP contribution in [0, 0.1) is 0 Å². The molecule has 0 aliphatic carbocycles. The molecule has 0 N–H and O–H groups in total. The Balaban J connectivity index is 0.000000842. The number of hydrogen-bond acceptors (Lipinski definition) is 6. The molecular weight excluding hydrogens is 617 g/mol. The minimum absolute atomic E-state index is 0. The first-order chi connectivity index (χ1) is 21.1. The molecule has 0 spiro atoms. The summed E-state index contributed by atoms with van der Waals surface area (Å²) in [4.78, 5) is -0.228. The zero-order valence-corrected chi connectivity index (χ0v) is 31.2. The second kappa shape index (κ2) is 27.0.